The zero-order chi connectivity index (χ0) is 14.3. The molecule has 0 radical (unpaired) electrons. The zero-order valence-electron chi connectivity index (χ0n) is 13.0. The molecule has 3 heteroatoms. The van der Waals surface area contributed by atoms with Gasteiger partial charge in [-0.15, -0.1) is 0 Å². The van der Waals surface area contributed by atoms with Gasteiger partial charge in [0, 0.05) is 18.0 Å². The molecule has 114 valence electrons. The highest BCUT2D eigenvalue weighted by atomic mass is 16.2. The van der Waals surface area contributed by atoms with E-state index in [1.165, 1.54) is 19.3 Å². The van der Waals surface area contributed by atoms with Crippen LogP contribution in [0.2, 0.25) is 0 Å². The smallest absolute Gasteiger partial charge is 0.226 e. The third kappa shape index (κ3) is 2.61. The van der Waals surface area contributed by atoms with Crippen molar-refractivity contribution in [3.8, 4) is 0 Å². The Morgan fingerprint density at radius 2 is 1.65 bits per heavy atom. The Morgan fingerprint density at radius 3 is 2.05 bits per heavy atom. The van der Waals surface area contributed by atoms with Crippen molar-refractivity contribution in [2.45, 2.75) is 64.8 Å². The van der Waals surface area contributed by atoms with E-state index in [0.29, 0.717) is 18.4 Å². The van der Waals surface area contributed by atoms with Crippen LogP contribution in [-0.2, 0) is 4.79 Å². The summed E-state index contributed by atoms with van der Waals surface area (Å²) in [6, 6.07) is 0.163. The number of rotatable bonds is 5. The van der Waals surface area contributed by atoms with Crippen molar-refractivity contribution in [3.05, 3.63) is 0 Å². The predicted molar refractivity (Wildman–Crippen MR) is 81.0 cm³/mol. The van der Waals surface area contributed by atoms with E-state index in [9.17, 15) is 4.79 Å². The molecule has 0 heterocycles. The van der Waals surface area contributed by atoms with Gasteiger partial charge in [0.15, 0.2) is 0 Å². The maximum absolute atomic E-state index is 12.9. The molecule has 4 saturated carbocycles. The highest BCUT2D eigenvalue weighted by molar-refractivity contribution is 5.83. The summed E-state index contributed by atoms with van der Waals surface area (Å²) in [5, 5.41) is 3.29. The first-order valence-electron chi connectivity index (χ1n) is 8.52. The normalized spacial score (nSPS) is 40.1. The molecule has 4 bridgehead atoms. The molecule has 0 aromatic carbocycles. The maximum Gasteiger partial charge on any atom is 0.226 e. The lowest BCUT2D eigenvalue weighted by molar-refractivity contribution is -0.147. The van der Waals surface area contributed by atoms with E-state index in [2.05, 4.69) is 19.2 Å². The summed E-state index contributed by atoms with van der Waals surface area (Å²) in [4.78, 5) is 12.9. The summed E-state index contributed by atoms with van der Waals surface area (Å²) in [6.07, 6.45) is 8.59. The van der Waals surface area contributed by atoms with Crippen molar-refractivity contribution in [1.29, 1.82) is 0 Å². The van der Waals surface area contributed by atoms with Crippen molar-refractivity contribution in [1.82, 2.24) is 5.32 Å². The summed E-state index contributed by atoms with van der Waals surface area (Å²) in [7, 11) is 0. The average molecular weight is 278 g/mol. The van der Waals surface area contributed by atoms with Crippen LogP contribution in [0.15, 0.2) is 0 Å². The molecule has 4 aliphatic carbocycles. The van der Waals surface area contributed by atoms with Crippen LogP contribution < -0.4 is 11.1 Å². The minimum atomic E-state index is -0.0286. The number of amides is 1. The molecule has 3 N–H and O–H groups in total. The summed E-state index contributed by atoms with van der Waals surface area (Å²) in [5.41, 5.74) is 5.82. The molecule has 1 atom stereocenters. The molecule has 1 amide bonds. The zero-order valence-corrected chi connectivity index (χ0v) is 13.0. The molecule has 20 heavy (non-hydrogen) atoms. The molecule has 1 unspecified atom stereocenters. The van der Waals surface area contributed by atoms with Crippen LogP contribution >= 0.6 is 0 Å². The fourth-order valence-corrected chi connectivity index (χ4v) is 5.51. The number of hydrogen-bond donors (Lipinski definition) is 2. The van der Waals surface area contributed by atoms with E-state index < -0.39 is 0 Å². The van der Waals surface area contributed by atoms with Gasteiger partial charge < -0.3 is 11.1 Å². The fraction of sp³-hybridized carbons (Fsp3) is 0.941. The third-order valence-corrected chi connectivity index (χ3v) is 5.90. The van der Waals surface area contributed by atoms with Crippen LogP contribution in [0.1, 0.15) is 58.8 Å². The molecule has 0 spiro atoms. The van der Waals surface area contributed by atoms with E-state index >= 15 is 0 Å². The third-order valence-electron chi connectivity index (χ3n) is 5.90. The van der Waals surface area contributed by atoms with Crippen LogP contribution in [0.25, 0.3) is 0 Å². The molecule has 4 rings (SSSR count). The summed E-state index contributed by atoms with van der Waals surface area (Å²) < 4.78 is 0. The number of hydrogen-bond acceptors (Lipinski definition) is 2. The minimum absolute atomic E-state index is 0.0286. The van der Waals surface area contributed by atoms with E-state index in [4.69, 9.17) is 5.73 Å². The minimum Gasteiger partial charge on any atom is -0.352 e. The van der Waals surface area contributed by atoms with Gasteiger partial charge in [-0.2, -0.15) is 0 Å². The van der Waals surface area contributed by atoms with Gasteiger partial charge in [0.1, 0.15) is 0 Å². The molecular weight excluding hydrogens is 248 g/mol. The topological polar surface area (TPSA) is 55.1 Å². The second-order valence-corrected chi connectivity index (χ2v) is 8.23. The fourth-order valence-electron chi connectivity index (χ4n) is 5.51. The first kappa shape index (κ1) is 14.4. The Morgan fingerprint density at radius 1 is 1.15 bits per heavy atom. The molecular formula is C17H30N2O. The van der Waals surface area contributed by atoms with Crippen molar-refractivity contribution < 1.29 is 4.79 Å². The van der Waals surface area contributed by atoms with E-state index in [0.717, 1.165) is 43.4 Å². The second-order valence-electron chi connectivity index (χ2n) is 8.23. The van der Waals surface area contributed by atoms with Crippen molar-refractivity contribution in [2.75, 3.05) is 6.54 Å². The molecule has 4 aliphatic rings. The Kier molecular flexibility index (Phi) is 3.83. The Bertz CT molecular complexity index is 342. The number of nitrogens with one attached hydrogen (secondary N) is 1. The van der Waals surface area contributed by atoms with E-state index in [1.54, 1.807) is 0 Å². The van der Waals surface area contributed by atoms with Crippen LogP contribution in [0.5, 0.6) is 0 Å². The monoisotopic (exact) mass is 278 g/mol. The van der Waals surface area contributed by atoms with Gasteiger partial charge in [0.25, 0.3) is 0 Å². The number of nitrogens with two attached hydrogens (primary N) is 1. The molecule has 4 fully saturated rings. The Hall–Kier alpha value is -0.570. The standard InChI is InChI=1S/C17H30N2O/c1-11(2)3-15(10-18)19-16(20)17-7-12-4-13(8-17)6-14(5-12)9-17/h11-15H,3-10,18H2,1-2H3,(H,19,20). The van der Waals surface area contributed by atoms with Gasteiger partial charge in [-0.25, -0.2) is 0 Å². The van der Waals surface area contributed by atoms with Crippen molar-refractivity contribution in [2.24, 2.45) is 34.8 Å². The van der Waals surface area contributed by atoms with Gasteiger partial charge >= 0.3 is 0 Å². The molecule has 3 nitrogen and oxygen atoms in total. The summed E-state index contributed by atoms with van der Waals surface area (Å²) >= 11 is 0. The molecule has 0 aromatic heterocycles. The number of carbonyl (C=O) groups excluding carboxylic acids is 1. The number of carbonyl (C=O) groups is 1. The highest BCUT2D eigenvalue weighted by Crippen LogP contribution is 2.60. The SMILES string of the molecule is CC(C)CC(CN)NC(=O)C12CC3CC(CC(C3)C1)C2. The lowest BCUT2D eigenvalue weighted by Gasteiger charge is -2.55. The Balaban J connectivity index is 1.67. The average Bonchev–Trinajstić information content (AvgIpc) is 2.35. The first-order valence-corrected chi connectivity index (χ1v) is 8.52. The van der Waals surface area contributed by atoms with Gasteiger partial charge in [0.05, 0.1) is 0 Å². The quantitative estimate of drug-likeness (QED) is 0.812. The van der Waals surface area contributed by atoms with Crippen LogP contribution in [0.3, 0.4) is 0 Å². The van der Waals surface area contributed by atoms with E-state index in [-0.39, 0.29) is 11.5 Å². The van der Waals surface area contributed by atoms with Crippen LogP contribution in [-0.4, -0.2) is 18.5 Å². The van der Waals surface area contributed by atoms with Gasteiger partial charge in [0.2, 0.25) is 5.91 Å². The molecule has 0 aromatic rings. The van der Waals surface area contributed by atoms with E-state index in [1.807, 2.05) is 0 Å². The maximum atomic E-state index is 12.9. The summed E-state index contributed by atoms with van der Waals surface area (Å²) in [6.45, 7) is 4.95. The van der Waals surface area contributed by atoms with Crippen LogP contribution in [0.4, 0.5) is 0 Å². The van der Waals surface area contributed by atoms with Gasteiger partial charge in [-0.1, -0.05) is 13.8 Å². The largest absolute Gasteiger partial charge is 0.352 e. The lowest BCUT2D eigenvalue weighted by Crippen LogP contribution is -2.56. The molecule has 0 aliphatic heterocycles. The van der Waals surface area contributed by atoms with Crippen molar-refractivity contribution in [3.63, 3.8) is 0 Å². The van der Waals surface area contributed by atoms with Gasteiger partial charge in [-0.05, 0) is 68.6 Å². The highest BCUT2D eigenvalue weighted by Gasteiger charge is 2.54. The molecule has 0 saturated heterocycles. The summed E-state index contributed by atoms with van der Waals surface area (Å²) in [5.74, 6) is 3.39. The second kappa shape index (κ2) is 5.32. The van der Waals surface area contributed by atoms with Crippen LogP contribution in [0, 0.1) is 29.1 Å². The van der Waals surface area contributed by atoms with Gasteiger partial charge in [-0.3, -0.25) is 4.79 Å². The first-order chi connectivity index (χ1) is 9.50. The Labute approximate surface area is 123 Å². The predicted octanol–water partition coefficient (Wildman–Crippen LogP) is 2.69. The lowest BCUT2D eigenvalue weighted by atomic mass is 9.49. The van der Waals surface area contributed by atoms with Crippen molar-refractivity contribution >= 4 is 5.91 Å².